The Morgan fingerprint density at radius 1 is 1.13 bits per heavy atom. The summed E-state index contributed by atoms with van der Waals surface area (Å²) in [6.45, 7) is 4.23. The van der Waals surface area contributed by atoms with Gasteiger partial charge in [0.25, 0.3) is 0 Å². The molecule has 8 heteroatoms. The van der Waals surface area contributed by atoms with Crippen molar-refractivity contribution in [2.24, 2.45) is 17.3 Å². The van der Waals surface area contributed by atoms with Crippen LogP contribution in [0.4, 0.5) is 0 Å². The van der Waals surface area contributed by atoms with Crippen molar-refractivity contribution in [2.45, 2.75) is 46.1 Å². The fourth-order valence-electron chi connectivity index (χ4n) is 3.72. The monoisotopic (exact) mass is 418 g/mol. The maximum Gasteiger partial charge on any atom is 0.368 e. The van der Waals surface area contributed by atoms with Gasteiger partial charge in [0.2, 0.25) is 5.90 Å². The van der Waals surface area contributed by atoms with E-state index in [1.165, 1.54) is 20.5 Å². The van der Waals surface area contributed by atoms with Crippen molar-refractivity contribution in [3.63, 3.8) is 0 Å². The second-order valence-corrected chi connectivity index (χ2v) is 7.56. The zero-order valence-corrected chi connectivity index (χ0v) is 18.1. The van der Waals surface area contributed by atoms with Crippen molar-refractivity contribution in [3.8, 4) is 5.69 Å². The number of benzene rings is 2. The number of ether oxygens (including phenoxy) is 1. The number of tetrazole rings is 1. The van der Waals surface area contributed by atoms with Crippen molar-refractivity contribution >= 4 is 11.6 Å². The predicted molar refractivity (Wildman–Crippen MR) is 120 cm³/mol. The van der Waals surface area contributed by atoms with Gasteiger partial charge in [-0.2, -0.15) is 14.5 Å². The van der Waals surface area contributed by atoms with E-state index >= 15 is 0 Å². The predicted octanol–water partition coefficient (Wildman–Crippen LogP) is 3.34. The third kappa shape index (κ3) is 4.33. The molecule has 0 unspecified atom stereocenters. The number of hydrogen-bond acceptors (Lipinski definition) is 6. The molecule has 2 aromatic carbocycles. The van der Waals surface area contributed by atoms with E-state index in [2.05, 4.69) is 38.8 Å². The summed E-state index contributed by atoms with van der Waals surface area (Å²) in [5.41, 5.74) is 5.70. The van der Waals surface area contributed by atoms with E-state index in [4.69, 9.17) is 4.74 Å². The summed E-state index contributed by atoms with van der Waals surface area (Å²) < 4.78 is 8.50. The van der Waals surface area contributed by atoms with E-state index in [1.807, 2.05) is 38.1 Å². The standard InChI is InChI=1S/C23H26N6O2/c1-4-22(25-24-20-13-8-11-17-10-5-6-12-18(17)20)31-15-19-16(2)9-7-14-21(19)29-23(30)28(3)26-27-29/h5-7,9-10,12,14H,4,8,11,13,15H2,1-3H3/b24-20?,25-22+. The topological polar surface area (TPSA) is 86.7 Å². The molecule has 1 aliphatic rings. The molecule has 8 nitrogen and oxygen atoms in total. The lowest BCUT2D eigenvalue weighted by Crippen LogP contribution is -2.23. The van der Waals surface area contributed by atoms with Crippen LogP contribution in [0.5, 0.6) is 0 Å². The first-order valence-electron chi connectivity index (χ1n) is 10.5. The summed E-state index contributed by atoms with van der Waals surface area (Å²) in [5, 5.41) is 16.7. The van der Waals surface area contributed by atoms with Gasteiger partial charge in [0.05, 0.1) is 11.4 Å². The van der Waals surface area contributed by atoms with Gasteiger partial charge >= 0.3 is 5.69 Å². The lowest BCUT2D eigenvalue weighted by atomic mass is 9.90. The molecule has 0 fully saturated rings. The molecule has 0 N–H and O–H groups in total. The van der Waals surface area contributed by atoms with Crippen LogP contribution < -0.4 is 5.69 Å². The SMILES string of the molecule is CC/C(=N\N=C1CCCc2ccccc21)OCc1c(C)cccc1-n1nnn(C)c1=O. The Kier molecular flexibility index (Phi) is 6.06. The van der Waals surface area contributed by atoms with Crippen LogP contribution in [0.3, 0.4) is 0 Å². The van der Waals surface area contributed by atoms with Crippen LogP contribution in [0.25, 0.3) is 5.69 Å². The van der Waals surface area contributed by atoms with Crippen LogP contribution in [0.1, 0.15) is 48.4 Å². The largest absolute Gasteiger partial charge is 0.475 e. The Balaban J connectivity index is 1.58. The lowest BCUT2D eigenvalue weighted by molar-refractivity contribution is 0.282. The van der Waals surface area contributed by atoms with Gasteiger partial charge in [-0.25, -0.2) is 4.79 Å². The highest BCUT2D eigenvalue weighted by Gasteiger charge is 2.16. The highest BCUT2D eigenvalue weighted by Crippen LogP contribution is 2.22. The fourth-order valence-corrected chi connectivity index (χ4v) is 3.72. The highest BCUT2D eigenvalue weighted by atomic mass is 16.5. The lowest BCUT2D eigenvalue weighted by Gasteiger charge is -2.16. The van der Waals surface area contributed by atoms with Gasteiger partial charge < -0.3 is 4.74 Å². The van der Waals surface area contributed by atoms with Crippen LogP contribution in [0, 0.1) is 6.92 Å². The molecule has 0 saturated heterocycles. The molecule has 0 saturated carbocycles. The number of hydrogen-bond donors (Lipinski definition) is 0. The summed E-state index contributed by atoms with van der Waals surface area (Å²) >= 11 is 0. The second kappa shape index (κ2) is 9.07. The molecule has 31 heavy (non-hydrogen) atoms. The van der Waals surface area contributed by atoms with Crippen molar-refractivity contribution in [1.29, 1.82) is 0 Å². The van der Waals surface area contributed by atoms with Crippen LogP contribution in [-0.2, 0) is 24.8 Å². The molecule has 0 radical (unpaired) electrons. The van der Waals surface area contributed by atoms with E-state index in [0.29, 0.717) is 18.0 Å². The Hall–Kier alpha value is -3.55. The molecule has 3 aromatic rings. The number of aromatic nitrogens is 4. The number of rotatable bonds is 5. The molecule has 0 amide bonds. The van der Waals surface area contributed by atoms with Crippen molar-refractivity contribution in [1.82, 2.24) is 19.8 Å². The summed E-state index contributed by atoms with van der Waals surface area (Å²) in [5.74, 6) is 0.552. The van der Waals surface area contributed by atoms with Gasteiger partial charge in [0.1, 0.15) is 6.61 Å². The molecule has 0 atom stereocenters. The summed E-state index contributed by atoms with van der Waals surface area (Å²) in [6.07, 6.45) is 3.68. The van der Waals surface area contributed by atoms with Crippen LogP contribution in [0.2, 0.25) is 0 Å². The Morgan fingerprint density at radius 2 is 1.97 bits per heavy atom. The number of nitrogens with zero attached hydrogens (tertiary/aromatic N) is 6. The zero-order chi connectivity index (χ0) is 21.8. The van der Waals surface area contributed by atoms with Crippen molar-refractivity contribution in [2.75, 3.05) is 0 Å². The molecular weight excluding hydrogens is 392 g/mol. The average Bonchev–Trinajstić information content (AvgIpc) is 3.12. The van der Waals surface area contributed by atoms with Crippen LogP contribution in [-0.4, -0.2) is 31.4 Å². The summed E-state index contributed by atoms with van der Waals surface area (Å²) in [4.78, 5) is 12.3. The molecule has 1 aliphatic carbocycles. The smallest absolute Gasteiger partial charge is 0.368 e. The summed E-state index contributed by atoms with van der Waals surface area (Å²) in [7, 11) is 1.57. The minimum Gasteiger partial charge on any atom is -0.475 e. The molecule has 1 aromatic heterocycles. The van der Waals surface area contributed by atoms with E-state index in [0.717, 1.165) is 36.1 Å². The van der Waals surface area contributed by atoms with Gasteiger partial charge in [-0.05, 0) is 53.8 Å². The van der Waals surface area contributed by atoms with Gasteiger partial charge in [0.15, 0.2) is 0 Å². The van der Waals surface area contributed by atoms with E-state index < -0.39 is 0 Å². The Morgan fingerprint density at radius 3 is 2.74 bits per heavy atom. The average molecular weight is 419 g/mol. The van der Waals surface area contributed by atoms with Gasteiger partial charge in [-0.1, -0.05) is 43.3 Å². The third-order valence-electron chi connectivity index (χ3n) is 5.49. The minimum absolute atomic E-state index is 0.263. The van der Waals surface area contributed by atoms with E-state index in [1.54, 1.807) is 7.05 Å². The number of aryl methyl sites for hydroxylation is 3. The maximum absolute atomic E-state index is 12.3. The van der Waals surface area contributed by atoms with Gasteiger partial charge in [-0.15, -0.1) is 5.10 Å². The second-order valence-electron chi connectivity index (χ2n) is 7.56. The molecular formula is C23H26N6O2. The van der Waals surface area contributed by atoms with Crippen LogP contribution in [0.15, 0.2) is 57.5 Å². The van der Waals surface area contributed by atoms with Crippen molar-refractivity contribution in [3.05, 3.63) is 75.2 Å². The first-order valence-corrected chi connectivity index (χ1v) is 10.5. The highest BCUT2D eigenvalue weighted by molar-refractivity contribution is 6.02. The molecule has 0 spiro atoms. The quantitative estimate of drug-likeness (QED) is 0.361. The van der Waals surface area contributed by atoms with Gasteiger partial charge in [-0.3, -0.25) is 0 Å². The Labute approximate surface area is 180 Å². The minimum atomic E-state index is -0.307. The molecule has 1 heterocycles. The first-order chi connectivity index (χ1) is 15.1. The maximum atomic E-state index is 12.3. The molecule has 0 aliphatic heterocycles. The van der Waals surface area contributed by atoms with Crippen molar-refractivity contribution < 1.29 is 4.74 Å². The molecule has 4 rings (SSSR count). The summed E-state index contributed by atoms with van der Waals surface area (Å²) in [6, 6.07) is 14.1. The number of fused-ring (bicyclic) bond motifs is 1. The normalized spacial score (nSPS) is 15.2. The zero-order valence-electron chi connectivity index (χ0n) is 18.1. The van der Waals surface area contributed by atoms with Crippen LogP contribution >= 0.6 is 0 Å². The fraction of sp³-hybridized carbons (Fsp3) is 0.348. The third-order valence-corrected chi connectivity index (χ3v) is 5.49. The van der Waals surface area contributed by atoms with Gasteiger partial charge in [0, 0.05) is 24.6 Å². The van der Waals surface area contributed by atoms with E-state index in [9.17, 15) is 4.79 Å². The van der Waals surface area contributed by atoms with E-state index in [-0.39, 0.29) is 12.3 Å². The molecule has 160 valence electrons. The Bertz CT molecular complexity index is 1200. The first kappa shape index (κ1) is 20.7. The molecule has 0 bridgehead atoms.